The summed E-state index contributed by atoms with van der Waals surface area (Å²) in [7, 11) is 3.36. The number of carbonyl (C=O) groups is 2. The number of likely N-dealkylation sites (tertiary alicyclic amines) is 1. The molecule has 1 aromatic carbocycles. The number of halogens is 3. The summed E-state index contributed by atoms with van der Waals surface area (Å²) in [6.07, 6.45) is -2.57. The van der Waals surface area contributed by atoms with Gasteiger partial charge in [0.15, 0.2) is 0 Å². The molecule has 7 nitrogen and oxygen atoms in total. The van der Waals surface area contributed by atoms with Crippen LogP contribution in [-0.2, 0) is 11.0 Å². The first-order chi connectivity index (χ1) is 16.4. The molecule has 1 atom stereocenters. The molecule has 0 radical (unpaired) electrons. The highest BCUT2D eigenvalue weighted by atomic mass is 19.4. The molecule has 10 heteroatoms. The monoisotopic (exact) mass is 493 g/mol. The Kier molecular flexibility index (Phi) is 7.87. The number of alkyl halides is 3. The van der Waals surface area contributed by atoms with Crippen molar-refractivity contribution in [3.05, 3.63) is 29.3 Å². The maximum Gasteiger partial charge on any atom is 0.417 e. The normalized spacial score (nSPS) is 19.7. The lowest BCUT2D eigenvalue weighted by Gasteiger charge is -2.42. The van der Waals surface area contributed by atoms with Crippen LogP contribution in [0.1, 0.15) is 44.2 Å². The molecule has 3 rings (SSSR count). The molecule has 0 saturated carbocycles. The van der Waals surface area contributed by atoms with Gasteiger partial charge >= 0.3 is 12.2 Å². The van der Waals surface area contributed by atoms with Gasteiger partial charge in [0.1, 0.15) is 0 Å². The number of anilines is 1. The molecule has 0 aliphatic carbocycles. The minimum atomic E-state index is -4.65. The molecule has 2 fully saturated rings. The Bertz CT molecular complexity index is 978. The van der Waals surface area contributed by atoms with Crippen LogP contribution < -0.4 is 10.2 Å². The van der Waals surface area contributed by atoms with Gasteiger partial charge in [0.2, 0.25) is 5.91 Å². The lowest BCUT2D eigenvalue weighted by atomic mass is 9.70. The third-order valence-electron chi connectivity index (χ3n) is 7.23. The van der Waals surface area contributed by atoms with Gasteiger partial charge in [0.05, 0.1) is 23.1 Å². The van der Waals surface area contributed by atoms with E-state index in [2.05, 4.69) is 19.2 Å². The predicted molar refractivity (Wildman–Crippen MR) is 127 cm³/mol. The van der Waals surface area contributed by atoms with Crippen molar-refractivity contribution in [3.63, 3.8) is 0 Å². The van der Waals surface area contributed by atoms with Gasteiger partial charge in [0.25, 0.3) is 0 Å². The topological polar surface area (TPSA) is 79.7 Å². The zero-order chi connectivity index (χ0) is 26.0. The Balaban J connectivity index is 1.80. The Morgan fingerprint density at radius 1 is 1.26 bits per heavy atom. The summed E-state index contributed by atoms with van der Waals surface area (Å²) in [4.78, 5) is 30.8. The molecule has 2 saturated heterocycles. The van der Waals surface area contributed by atoms with E-state index in [1.54, 1.807) is 25.1 Å². The van der Waals surface area contributed by atoms with E-state index in [-0.39, 0.29) is 11.9 Å². The van der Waals surface area contributed by atoms with E-state index in [0.717, 1.165) is 12.5 Å². The number of nitriles is 1. The fourth-order valence-electron chi connectivity index (χ4n) is 5.12. The van der Waals surface area contributed by atoms with Gasteiger partial charge in [-0.05, 0) is 43.4 Å². The van der Waals surface area contributed by atoms with Crippen LogP contribution >= 0.6 is 0 Å². The van der Waals surface area contributed by atoms with E-state index in [9.17, 15) is 22.8 Å². The first-order valence-corrected chi connectivity index (χ1v) is 12.0. The largest absolute Gasteiger partial charge is 0.417 e. The average Bonchev–Trinajstić information content (AvgIpc) is 3.16. The van der Waals surface area contributed by atoms with Crippen molar-refractivity contribution < 1.29 is 22.8 Å². The maximum atomic E-state index is 13.5. The number of amides is 3. The number of urea groups is 1. The first kappa shape index (κ1) is 26.6. The van der Waals surface area contributed by atoms with Crippen molar-refractivity contribution in [2.75, 3.05) is 51.7 Å². The lowest BCUT2D eigenvalue weighted by Crippen LogP contribution is -2.51. The number of hydrogen-bond acceptors (Lipinski definition) is 4. The molecule has 1 N–H and O–H groups in total. The molecule has 1 aromatic rings. The van der Waals surface area contributed by atoms with Crippen molar-refractivity contribution in [2.45, 2.75) is 39.3 Å². The highest BCUT2D eigenvalue weighted by Gasteiger charge is 2.52. The summed E-state index contributed by atoms with van der Waals surface area (Å²) in [5.74, 6) is 0.0305. The minimum absolute atomic E-state index is 0.0629. The van der Waals surface area contributed by atoms with E-state index in [1.165, 1.54) is 17.0 Å². The molecule has 35 heavy (non-hydrogen) atoms. The van der Waals surface area contributed by atoms with Crippen LogP contribution in [0.5, 0.6) is 0 Å². The van der Waals surface area contributed by atoms with Crippen molar-refractivity contribution >= 4 is 17.6 Å². The smallest absolute Gasteiger partial charge is 0.370 e. The molecule has 2 aliphatic heterocycles. The van der Waals surface area contributed by atoms with E-state index >= 15 is 0 Å². The Labute approximate surface area is 204 Å². The van der Waals surface area contributed by atoms with Gasteiger partial charge in [-0.15, -0.1) is 0 Å². The number of piperidine rings is 1. The summed E-state index contributed by atoms with van der Waals surface area (Å²) in [6.45, 7) is 6.48. The summed E-state index contributed by atoms with van der Waals surface area (Å²) in [5, 5.41) is 12.1. The standard InChI is InChI=1S/C25H34F3N5O2/c1-17(2)7-10-30-23(35)32-11-8-24(9-12-32)16-33(15-21(24)22(34)31(3)4)19-6-5-18(14-29)20(13-19)25(26,27)28/h5-6,13,17,21H,7-12,15-16H2,1-4H3,(H,30,35). The third kappa shape index (κ3) is 5.82. The van der Waals surface area contributed by atoms with Crippen molar-refractivity contribution in [1.29, 1.82) is 5.26 Å². The van der Waals surface area contributed by atoms with Crippen LogP contribution in [0.3, 0.4) is 0 Å². The van der Waals surface area contributed by atoms with Gasteiger partial charge in [0, 0.05) is 57.9 Å². The zero-order valence-corrected chi connectivity index (χ0v) is 20.8. The highest BCUT2D eigenvalue weighted by Crippen LogP contribution is 2.47. The molecular formula is C25H34F3N5O2. The molecule has 2 aliphatic rings. The SMILES string of the molecule is CC(C)CCNC(=O)N1CCC2(CC1)CN(c1ccc(C#N)c(C(F)(F)F)c1)CC2C(=O)N(C)C. The van der Waals surface area contributed by atoms with E-state index < -0.39 is 28.6 Å². The fraction of sp³-hybridized carbons (Fsp3) is 0.640. The Hall–Kier alpha value is -2.96. The molecule has 192 valence electrons. The maximum absolute atomic E-state index is 13.5. The summed E-state index contributed by atoms with van der Waals surface area (Å²) < 4.78 is 40.6. The first-order valence-electron chi connectivity index (χ1n) is 12.0. The second-order valence-corrected chi connectivity index (χ2v) is 10.3. The van der Waals surface area contributed by atoms with Crippen molar-refractivity contribution in [2.24, 2.45) is 17.3 Å². The summed E-state index contributed by atoms with van der Waals surface area (Å²) in [5.41, 5.74) is -1.49. The Morgan fingerprint density at radius 3 is 2.46 bits per heavy atom. The molecule has 3 amide bonds. The van der Waals surface area contributed by atoms with Gasteiger partial charge in [-0.25, -0.2) is 4.79 Å². The molecule has 0 bridgehead atoms. The number of rotatable bonds is 5. The van der Waals surface area contributed by atoms with Crippen LogP contribution in [0.15, 0.2) is 18.2 Å². The van der Waals surface area contributed by atoms with Crippen molar-refractivity contribution in [1.82, 2.24) is 15.1 Å². The van der Waals surface area contributed by atoms with Crippen LogP contribution in [0.25, 0.3) is 0 Å². The highest BCUT2D eigenvalue weighted by molar-refractivity contribution is 5.81. The second kappa shape index (κ2) is 10.3. The van der Waals surface area contributed by atoms with Crippen molar-refractivity contribution in [3.8, 4) is 6.07 Å². The van der Waals surface area contributed by atoms with Crippen LogP contribution in [0, 0.1) is 28.6 Å². The summed E-state index contributed by atoms with van der Waals surface area (Å²) >= 11 is 0. The van der Waals surface area contributed by atoms with Crippen LogP contribution in [0.2, 0.25) is 0 Å². The number of nitrogens with one attached hydrogen (secondary N) is 1. The molecule has 2 heterocycles. The second-order valence-electron chi connectivity index (χ2n) is 10.3. The Morgan fingerprint density at radius 2 is 1.91 bits per heavy atom. The fourth-order valence-corrected chi connectivity index (χ4v) is 5.12. The van der Waals surface area contributed by atoms with Gasteiger partial charge < -0.3 is 20.0 Å². The quantitative estimate of drug-likeness (QED) is 0.674. The van der Waals surface area contributed by atoms with Crippen LogP contribution in [0.4, 0.5) is 23.7 Å². The van der Waals surface area contributed by atoms with E-state index in [0.29, 0.717) is 57.2 Å². The van der Waals surface area contributed by atoms with Gasteiger partial charge in [-0.3, -0.25) is 4.79 Å². The zero-order valence-electron chi connectivity index (χ0n) is 20.8. The number of carbonyl (C=O) groups excluding carboxylic acids is 2. The van der Waals surface area contributed by atoms with Gasteiger partial charge in [-0.1, -0.05) is 13.8 Å². The minimum Gasteiger partial charge on any atom is -0.370 e. The third-order valence-corrected chi connectivity index (χ3v) is 7.23. The molecular weight excluding hydrogens is 459 g/mol. The number of nitrogens with zero attached hydrogens (tertiary/aromatic N) is 4. The number of benzene rings is 1. The average molecular weight is 494 g/mol. The van der Waals surface area contributed by atoms with E-state index in [4.69, 9.17) is 5.26 Å². The predicted octanol–water partition coefficient (Wildman–Crippen LogP) is 3.94. The lowest BCUT2D eigenvalue weighted by molar-refractivity contribution is -0.138. The van der Waals surface area contributed by atoms with Gasteiger partial charge in [-0.2, -0.15) is 18.4 Å². The molecule has 1 spiro atoms. The summed E-state index contributed by atoms with van der Waals surface area (Å²) in [6, 6.07) is 5.21. The molecule has 1 unspecified atom stereocenters. The number of hydrogen-bond donors (Lipinski definition) is 1. The van der Waals surface area contributed by atoms with Crippen LogP contribution in [-0.4, -0.2) is 68.6 Å². The van der Waals surface area contributed by atoms with E-state index in [1.807, 2.05) is 4.90 Å². The molecule has 0 aromatic heterocycles.